The summed E-state index contributed by atoms with van der Waals surface area (Å²) in [7, 11) is -3.34. The van der Waals surface area contributed by atoms with Crippen molar-refractivity contribution in [1.82, 2.24) is 0 Å². The highest BCUT2D eigenvalue weighted by atomic mass is 32.2. The van der Waals surface area contributed by atoms with Crippen molar-refractivity contribution in [2.75, 3.05) is 17.1 Å². The number of hydrogen-bond donors (Lipinski definition) is 1. The Morgan fingerprint density at radius 3 is 2.32 bits per heavy atom. The Labute approximate surface area is 132 Å². The molecule has 1 aromatic carbocycles. The van der Waals surface area contributed by atoms with Crippen LogP contribution in [0.3, 0.4) is 0 Å². The number of benzene rings is 1. The van der Waals surface area contributed by atoms with Gasteiger partial charge < -0.3 is 4.74 Å². The summed E-state index contributed by atoms with van der Waals surface area (Å²) in [6, 6.07) is 2.32. The van der Waals surface area contributed by atoms with Crippen molar-refractivity contribution in [3.05, 3.63) is 28.3 Å². The molecule has 3 aliphatic rings. The zero-order chi connectivity index (χ0) is 15.2. The summed E-state index contributed by atoms with van der Waals surface area (Å²) in [4.78, 5) is 0. The normalized spacial score (nSPS) is 23.5. The molecule has 1 saturated heterocycles. The molecule has 0 saturated carbocycles. The van der Waals surface area contributed by atoms with E-state index in [2.05, 4.69) is 10.8 Å². The Morgan fingerprint density at radius 2 is 1.73 bits per heavy atom. The SMILES string of the molecule is O=S(=O)(CC1CCCO1)Nc1c2c(cc3c1CCC3)CCC2. The summed E-state index contributed by atoms with van der Waals surface area (Å²) in [6.45, 7) is 0.691. The summed E-state index contributed by atoms with van der Waals surface area (Å²) in [6.07, 6.45) is 8.13. The zero-order valence-corrected chi connectivity index (χ0v) is 13.7. The van der Waals surface area contributed by atoms with Crippen molar-refractivity contribution in [3.63, 3.8) is 0 Å². The number of aryl methyl sites for hydroxylation is 2. The van der Waals surface area contributed by atoms with Gasteiger partial charge in [-0.3, -0.25) is 4.72 Å². The zero-order valence-electron chi connectivity index (χ0n) is 12.9. The molecule has 5 heteroatoms. The molecule has 2 aliphatic carbocycles. The average Bonchev–Trinajstić information content (AvgIpc) is 3.16. The van der Waals surface area contributed by atoms with Crippen LogP contribution in [0, 0.1) is 0 Å². The highest BCUT2D eigenvalue weighted by Crippen LogP contribution is 2.39. The Hall–Kier alpha value is -1.07. The second-order valence-electron chi connectivity index (χ2n) is 6.75. The van der Waals surface area contributed by atoms with Gasteiger partial charge in [-0.05, 0) is 73.6 Å². The minimum absolute atomic E-state index is 0.0887. The average molecular weight is 321 g/mol. The Bertz CT molecular complexity index is 658. The number of hydrogen-bond acceptors (Lipinski definition) is 3. The van der Waals surface area contributed by atoms with E-state index in [1.54, 1.807) is 0 Å². The van der Waals surface area contributed by atoms with Crippen molar-refractivity contribution in [1.29, 1.82) is 0 Å². The van der Waals surface area contributed by atoms with E-state index in [9.17, 15) is 8.42 Å². The molecule has 0 aromatic heterocycles. The highest BCUT2D eigenvalue weighted by molar-refractivity contribution is 7.92. The van der Waals surface area contributed by atoms with Crippen LogP contribution in [0.25, 0.3) is 0 Å². The smallest absolute Gasteiger partial charge is 0.235 e. The lowest BCUT2D eigenvalue weighted by Gasteiger charge is -2.18. The van der Waals surface area contributed by atoms with Gasteiger partial charge in [0.2, 0.25) is 10.0 Å². The van der Waals surface area contributed by atoms with Gasteiger partial charge in [0.25, 0.3) is 0 Å². The van der Waals surface area contributed by atoms with Crippen LogP contribution in [0.15, 0.2) is 6.07 Å². The fraction of sp³-hybridized carbons (Fsp3) is 0.647. The van der Waals surface area contributed by atoms with Gasteiger partial charge in [0, 0.05) is 6.61 Å². The molecule has 120 valence electrons. The summed E-state index contributed by atoms with van der Waals surface area (Å²) in [5, 5.41) is 0. The fourth-order valence-corrected chi connectivity index (χ4v) is 5.55. The third kappa shape index (κ3) is 2.65. The predicted molar refractivity (Wildman–Crippen MR) is 86.9 cm³/mol. The first-order chi connectivity index (χ1) is 10.6. The number of nitrogens with one attached hydrogen (secondary N) is 1. The van der Waals surface area contributed by atoms with E-state index < -0.39 is 10.0 Å². The van der Waals surface area contributed by atoms with Gasteiger partial charge in [-0.15, -0.1) is 0 Å². The van der Waals surface area contributed by atoms with E-state index in [-0.39, 0.29) is 11.9 Å². The fourth-order valence-electron chi connectivity index (χ4n) is 4.16. The molecule has 1 aromatic rings. The van der Waals surface area contributed by atoms with Crippen LogP contribution >= 0.6 is 0 Å². The number of ether oxygens (including phenoxy) is 1. The van der Waals surface area contributed by atoms with Crippen LogP contribution in [-0.2, 0) is 40.4 Å². The lowest BCUT2D eigenvalue weighted by molar-refractivity contribution is 0.127. The van der Waals surface area contributed by atoms with Crippen LogP contribution in [0.2, 0.25) is 0 Å². The lowest BCUT2D eigenvalue weighted by atomic mass is 9.99. The molecule has 22 heavy (non-hydrogen) atoms. The third-order valence-corrected chi connectivity index (χ3v) is 6.49. The third-order valence-electron chi connectivity index (χ3n) is 5.16. The summed E-state index contributed by atoms with van der Waals surface area (Å²) >= 11 is 0. The second-order valence-corrected chi connectivity index (χ2v) is 8.52. The predicted octanol–water partition coefficient (Wildman–Crippen LogP) is 2.58. The Kier molecular flexibility index (Phi) is 3.65. The van der Waals surface area contributed by atoms with Crippen LogP contribution in [0.4, 0.5) is 5.69 Å². The minimum atomic E-state index is -3.34. The van der Waals surface area contributed by atoms with Gasteiger partial charge in [-0.25, -0.2) is 8.42 Å². The maximum Gasteiger partial charge on any atom is 0.235 e. The first-order valence-corrected chi connectivity index (χ1v) is 10.1. The van der Waals surface area contributed by atoms with Crippen molar-refractivity contribution in [2.24, 2.45) is 0 Å². The largest absolute Gasteiger partial charge is 0.377 e. The quantitative estimate of drug-likeness (QED) is 0.927. The first kappa shape index (κ1) is 14.5. The molecule has 1 N–H and O–H groups in total. The molecular formula is C17H23NO3S. The van der Waals surface area contributed by atoms with Crippen LogP contribution in [-0.4, -0.2) is 26.9 Å². The van der Waals surface area contributed by atoms with E-state index in [1.807, 2.05) is 0 Å². The number of anilines is 1. The molecule has 4 rings (SSSR count). The van der Waals surface area contributed by atoms with Crippen molar-refractivity contribution >= 4 is 15.7 Å². The van der Waals surface area contributed by atoms with Gasteiger partial charge in [0.15, 0.2) is 0 Å². The van der Waals surface area contributed by atoms with E-state index in [0.717, 1.165) is 57.1 Å². The van der Waals surface area contributed by atoms with Gasteiger partial charge in [0.1, 0.15) is 0 Å². The lowest BCUT2D eigenvalue weighted by Crippen LogP contribution is -2.26. The molecular weight excluding hydrogens is 298 g/mol. The summed E-state index contributed by atoms with van der Waals surface area (Å²) < 4.78 is 33.6. The monoisotopic (exact) mass is 321 g/mol. The van der Waals surface area contributed by atoms with E-state index in [4.69, 9.17) is 4.74 Å². The van der Waals surface area contributed by atoms with Crippen molar-refractivity contribution in [2.45, 2.75) is 57.5 Å². The Morgan fingerprint density at radius 1 is 1.05 bits per heavy atom. The maximum atomic E-state index is 12.6. The topological polar surface area (TPSA) is 55.4 Å². The molecule has 0 bridgehead atoms. The number of fused-ring (bicyclic) bond motifs is 2. The molecule has 4 nitrogen and oxygen atoms in total. The molecule has 0 radical (unpaired) electrons. The number of sulfonamides is 1. The Balaban J connectivity index is 1.65. The standard InChI is InChI=1S/C17H23NO3S/c19-22(20,11-14-6-3-9-21-14)18-17-15-7-1-4-12(15)10-13-5-2-8-16(13)17/h10,14,18H,1-9,11H2. The molecule has 1 heterocycles. The number of rotatable bonds is 4. The van der Waals surface area contributed by atoms with Gasteiger partial charge >= 0.3 is 0 Å². The van der Waals surface area contributed by atoms with Crippen LogP contribution in [0.5, 0.6) is 0 Å². The molecule has 1 aliphatic heterocycles. The molecule has 1 unspecified atom stereocenters. The second kappa shape index (κ2) is 5.53. The van der Waals surface area contributed by atoms with Crippen molar-refractivity contribution in [3.8, 4) is 0 Å². The maximum absolute atomic E-state index is 12.6. The van der Waals surface area contributed by atoms with E-state index >= 15 is 0 Å². The van der Waals surface area contributed by atoms with Crippen LogP contribution < -0.4 is 4.72 Å². The van der Waals surface area contributed by atoms with Gasteiger partial charge in [0.05, 0.1) is 17.5 Å². The summed E-state index contributed by atoms with van der Waals surface area (Å²) in [5.74, 6) is 0.0887. The highest BCUT2D eigenvalue weighted by Gasteiger charge is 2.28. The summed E-state index contributed by atoms with van der Waals surface area (Å²) in [5.41, 5.74) is 6.12. The molecule has 0 spiro atoms. The van der Waals surface area contributed by atoms with Gasteiger partial charge in [-0.2, -0.15) is 0 Å². The minimum Gasteiger partial charge on any atom is -0.377 e. The first-order valence-electron chi connectivity index (χ1n) is 8.41. The van der Waals surface area contributed by atoms with Crippen molar-refractivity contribution < 1.29 is 13.2 Å². The van der Waals surface area contributed by atoms with E-state index in [1.165, 1.54) is 22.3 Å². The van der Waals surface area contributed by atoms with E-state index in [0.29, 0.717) is 6.61 Å². The molecule has 1 atom stereocenters. The molecule has 0 amide bonds. The van der Waals surface area contributed by atoms with Gasteiger partial charge in [-0.1, -0.05) is 6.07 Å². The molecule has 1 fully saturated rings. The van der Waals surface area contributed by atoms with Crippen LogP contribution in [0.1, 0.15) is 47.9 Å².